The third-order valence-corrected chi connectivity index (χ3v) is 10.00. The third kappa shape index (κ3) is 38.3. The van der Waals surface area contributed by atoms with E-state index < -0.39 is 26.5 Å². The van der Waals surface area contributed by atoms with Crippen molar-refractivity contribution in [2.75, 3.05) is 47.5 Å². The maximum Gasteiger partial charge on any atom is 0.306 e. The largest absolute Gasteiger partial charge is 0.756 e. The number of phosphoric acid groups is 1. The number of esters is 2. The van der Waals surface area contributed by atoms with E-state index in [-0.39, 0.29) is 32.0 Å². The molecule has 0 aromatic rings. The lowest BCUT2D eigenvalue weighted by atomic mass is 10.0. The van der Waals surface area contributed by atoms with Crippen LogP contribution in [0.2, 0.25) is 0 Å². The van der Waals surface area contributed by atoms with Gasteiger partial charge in [-0.05, 0) is 38.5 Å². The molecule has 0 radical (unpaired) electrons. The summed E-state index contributed by atoms with van der Waals surface area (Å²) >= 11 is 0. The van der Waals surface area contributed by atoms with Crippen LogP contribution in [0.1, 0.15) is 187 Å². The molecule has 0 rings (SSSR count). The fraction of sp³-hybridized carbons (Fsp3) is 0.902. The Labute approximate surface area is 314 Å². The predicted octanol–water partition coefficient (Wildman–Crippen LogP) is 10.8. The normalized spacial score (nSPS) is 13.8. The van der Waals surface area contributed by atoms with E-state index in [1.54, 1.807) is 0 Å². The van der Waals surface area contributed by atoms with Gasteiger partial charge in [-0.2, -0.15) is 0 Å². The van der Waals surface area contributed by atoms with Crippen LogP contribution in [0.25, 0.3) is 0 Å². The summed E-state index contributed by atoms with van der Waals surface area (Å²) in [6.07, 6.45) is 33.7. The van der Waals surface area contributed by atoms with Gasteiger partial charge in [-0.25, -0.2) is 0 Å². The lowest BCUT2D eigenvalue weighted by Crippen LogP contribution is -2.37. The van der Waals surface area contributed by atoms with Crippen molar-refractivity contribution in [3.05, 3.63) is 12.2 Å². The average Bonchev–Trinajstić information content (AvgIpc) is 3.07. The summed E-state index contributed by atoms with van der Waals surface area (Å²) in [4.78, 5) is 37.4. The van der Waals surface area contributed by atoms with Gasteiger partial charge >= 0.3 is 11.9 Å². The summed E-state index contributed by atoms with van der Waals surface area (Å²) in [5, 5.41) is 0. The molecule has 302 valence electrons. The van der Waals surface area contributed by atoms with E-state index in [0.29, 0.717) is 17.4 Å². The Morgan fingerprint density at radius 3 is 1.45 bits per heavy atom. The SMILES string of the molecule is CCCCCCCC/C=C\CCCCCCCC(=O)O[C@H](COC(=O)CCCCCCCCCCCCCC)COP(=O)([O-])OCC[N+](C)(C)C. The first-order valence-electron chi connectivity index (χ1n) is 20.9. The Kier molecular flexibility index (Phi) is 33.7. The molecule has 0 aliphatic heterocycles. The first-order valence-corrected chi connectivity index (χ1v) is 22.4. The minimum absolute atomic E-state index is 0.0295. The smallest absolute Gasteiger partial charge is 0.306 e. The van der Waals surface area contributed by atoms with Crippen molar-refractivity contribution >= 4 is 19.8 Å². The summed E-state index contributed by atoms with van der Waals surface area (Å²) in [5.74, 6) is -0.838. The first-order chi connectivity index (χ1) is 24.5. The minimum atomic E-state index is -4.62. The zero-order valence-electron chi connectivity index (χ0n) is 33.8. The zero-order chi connectivity index (χ0) is 37.9. The third-order valence-electron chi connectivity index (χ3n) is 9.04. The van der Waals surface area contributed by atoms with E-state index in [4.69, 9.17) is 18.5 Å². The lowest BCUT2D eigenvalue weighted by molar-refractivity contribution is -0.870. The highest BCUT2D eigenvalue weighted by atomic mass is 31.2. The Bertz CT molecular complexity index is 891. The van der Waals surface area contributed by atoms with E-state index in [1.807, 2.05) is 21.1 Å². The summed E-state index contributed by atoms with van der Waals surface area (Å²) in [5.41, 5.74) is 0. The highest BCUT2D eigenvalue weighted by Gasteiger charge is 2.21. The molecular weight excluding hydrogens is 665 g/mol. The molecule has 0 aromatic carbocycles. The molecule has 0 amide bonds. The topological polar surface area (TPSA) is 111 Å². The van der Waals surface area contributed by atoms with Gasteiger partial charge in [-0.15, -0.1) is 0 Å². The van der Waals surface area contributed by atoms with Crippen LogP contribution in [0, 0.1) is 0 Å². The average molecular weight is 746 g/mol. The maximum atomic E-state index is 12.6. The number of allylic oxidation sites excluding steroid dienone is 2. The standard InChI is InChI=1S/C41H80NO8P/c1-6-8-10-12-14-16-18-20-21-22-24-26-28-30-32-34-41(44)50-39(38-49-51(45,46)48-36-35-42(3,4)5)37-47-40(43)33-31-29-27-25-23-19-17-15-13-11-9-7-2/h20-21,39H,6-19,22-38H2,1-5H3/b21-20-/t39-/m1/s1. The second-order valence-electron chi connectivity index (χ2n) is 15.4. The van der Waals surface area contributed by atoms with Gasteiger partial charge < -0.3 is 27.9 Å². The quantitative estimate of drug-likeness (QED) is 0.0202. The number of nitrogens with zero attached hydrogens (tertiary/aromatic N) is 1. The number of hydrogen-bond acceptors (Lipinski definition) is 8. The lowest BCUT2D eigenvalue weighted by Gasteiger charge is -2.28. The number of hydrogen-bond donors (Lipinski definition) is 0. The van der Waals surface area contributed by atoms with Crippen LogP contribution in [0.4, 0.5) is 0 Å². The molecule has 0 aliphatic rings. The number of carbonyl (C=O) groups is 2. The molecule has 0 aromatic heterocycles. The van der Waals surface area contributed by atoms with Crippen molar-refractivity contribution < 1.29 is 42.1 Å². The molecule has 10 heteroatoms. The van der Waals surface area contributed by atoms with Gasteiger partial charge in [0.2, 0.25) is 0 Å². The maximum absolute atomic E-state index is 12.6. The number of unbranched alkanes of at least 4 members (excludes halogenated alkanes) is 22. The van der Waals surface area contributed by atoms with Gasteiger partial charge in [0.05, 0.1) is 27.7 Å². The van der Waals surface area contributed by atoms with Gasteiger partial charge in [0.15, 0.2) is 6.10 Å². The molecule has 51 heavy (non-hydrogen) atoms. The fourth-order valence-corrected chi connectivity index (χ4v) is 6.44. The Balaban J connectivity index is 4.39. The van der Waals surface area contributed by atoms with Crippen molar-refractivity contribution in [2.24, 2.45) is 0 Å². The summed E-state index contributed by atoms with van der Waals surface area (Å²) in [6, 6.07) is 0. The number of phosphoric ester groups is 1. The predicted molar refractivity (Wildman–Crippen MR) is 208 cm³/mol. The molecule has 9 nitrogen and oxygen atoms in total. The monoisotopic (exact) mass is 746 g/mol. The highest BCUT2D eigenvalue weighted by molar-refractivity contribution is 7.45. The molecule has 0 fully saturated rings. The summed E-state index contributed by atoms with van der Waals surface area (Å²) in [7, 11) is 1.17. The number of ether oxygens (including phenoxy) is 2. The number of rotatable bonds is 38. The zero-order valence-corrected chi connectivity index (χ0v) is 34.7. The number of likely N-dealkylation sites (N-methyl/N-ethyl adjacent to an activating group) is 1. The molecular formula is C41H80NO8P. The second-order valence-corrected chi connectivity index (χ2v) is 16.8. The van der Waals surface area contributed by atoms with Crippen LogP contribution >= 0.6 is 7.82 Å². The van der Waals surface area contributed by atoms with Crippen molar-refractivity contribution in [3.8, 4) is 0 Å². The van der Waals surface area contributed by atoms with Crippen LogP contribution in [0.5, 0.6) is 0 Å². The van der Waals surface area contributed by atoms with Gasteiger partial charge in [0.25, 0.3) is 7.82 Å². The summed E-state index contributed by atoms with van der Waals surface area (Å²) < 4.78 is 33.8. The molecule has 0 spiro atoms. The number of quaternary nitrogens is 1. The molecule has 0 heterocycles. The van der Waals surface area contributed by atoms with Gasteiger partial charge in [-0.1, -0.05) is 148 Å². The van der Waals surface area contributed by atoms with Crippen LogP contribution in [0.15, 0.2) is 12.2 Å². The van der Waals surface area contributed by atoms with E-state index in [9.17, 15) is 19.0 Å². The Morgan fingerprint density at radius 1 is 0.588 bits per heavy atom. The van der Waals surface area contributed by atoms with E-state index in [0.717, 1.165) is 51.4 Å². The minimum Gasteiger partial charge on any atom is -0.756 e. The molecule has 0 saturated heterocycles. The van der Waals surface area contributed by atoms with Crippen molar-refractivity contribution in [2.45, 2.75) is 193 Å². The van der Waals surface area contributed by atoms with E-state index >= 15 is 0 Å². The molecule has 1 unspecified atom stereocenters. The van der Waals surface area contributed by atoms with Gasteiger partial charge in [-0.3, -0.25) is 14.2 Å². The molecule has 0 saturated carbocycles. The van der Waals surface area contributed by atoms with Crippen LogP contribution in [-0.4, -0.2) is 70.0 Å². The fourth-order valence-electron chi connectivity index (χ4n) is 5.71. The molecule has 0 bridgehead atoms. The Morgan fingerprint density at radius 2 is 1.00 bits per heavy atom. The van der Waals surface area contributed by atoms with Gasteiger partial charge in [0.1, 0.15) is 19.8 Å². The van der Waals surface area contributed by atoms with E-state index in [2.05, 4.69) is 26.0 Å². The number of carbonyl (C=O) groups excluding carboxylic acids is 2. The Hall–Kier alpha value is -1.25. The van der Waals surface area contributed by atoms with Crippen LogP contribution < -0.4 is 4.89 Å². The summed E-state index contributed by atoms with van der Waals surface area (Å²) in [6.45, 7) is 4.21. The van der Waals surface area contributed by atoms with Crippen LogP contribution in [0.3, 0.4) is 0 Å². The highest BCUT2D eigenvalue weighted by Crippen LogP contribution is 2.38. The second kappa shape index (κ2) is 34.5. The van der Waals surface area contributed by atoms with Crippen molar-refractivity contribution in [1.29, 1.82) is 0 Å². The molecule has 0 N–H and O–H groups in total. The van der Waals surface area contributed by atoms with E-state index in [1.165, 1.54) is 103 Å². The van der Waals surface area contributed by atoms with Gasteiger partial charge in [0, 0.05) is 12.8 Å². The first kappa shape index (κ1) is 49.8. The molecule has 2 atom stereocenters. The van der Waals surface area contributed by atoms with Crippen molar-refractivity contribution in [3.63, 3.8) is 0 Å². The molecule has 0 aliphatic carbocycles. The van der Waals surface area contributed by atoms with Crippen molar-refractivity contribution in [1.82, 2.24) is 0 Å². The van der Waals surface area contributed by atoms with Crippen LogP contribution in [-0.2, 0) is 32.7 Å².